The van der Waals surface area contributed by atoms with Gasteiger partial charge in [-0.2, -0.15) is 0 Å². The second-order valence-corrected chi connectivity index (χ2v) is 3.37. The highest BCUT2D eigenvalue weighted by Crippen LogP contribution is 2.26. The first-order valence-corrected chi connectivity index (χ1v) is 4.58. The first-order chi connectivity index (χ1) is 6.79. The number of hydrogen-bond donors (Lipinski definition) is 2. The predicted octanol–water partition coefficient (Wildman–Crippen LogP) is 1.68. The van der Waals surface area contributed by atoms with Crippen molar-refractivity contribution < 1.29 is 9.13 Å². The molecule has 2 N–H and O–H groups in total. The monoisotopic (exact) mass is 196 g/mol. The third-order valence-electron chi connectivity index (χ3n) is 2.25. The van der Waals surface area contributed by atoms with Crippen LogP contribution in [0.4, 0.5) is 15.8 Å². The number of ether oxygens (including phenoxy) is 1. The highest BCUT2D eigenvalue weighted by atomic mass is 19.1. The molecule has 2 rings (SSSR count). The van der Waals surface area contributed by atoms with E-state index in [-0.39, 0.29) is 11.9 Å². The molecule has 0 saturated heterocycles. The van der Waals surface area contributed by atoms with Crippen LogP contribution in [0.15, 0.2) is 18.2 Å². The Kier molecular flexibility index (Phi) is 2.54. The first-order valence-electron chi connectivity index (χ1n) is 4.58. The molecule has 0 saturated carbocycles. The fourth-order valence-electron chi connectivity index (χ4n) is 1.60. The van der Waals surface area contributed by atoms with Gasteiger partial charge in [0.2, 0.25) is 0 Å². The summed E-state index contributed by atoms with van der Waals surface area (Å²) in [6.07, 6.45) is 0. The van der Waals surface area contributed by atoms with Crippen molar-refractivity contribution >= 4 is 11.4 Å². The highest BCUT2D eigenvalue weighted by Gasteiger charge is 2.16. The molecule has 3 nitrogen and oxygen atoms in total. The zero-order valence-corrected chi connectivity index (χ0v) is 8.01. The molecule has 0 aliphatic carbocycles. The Labute approximate surface area is 82.3 Å². The van der Waals surface area contributed by atoms with Crippen LogP contribution in [0.25, 0.3) is 0 Å². The van der Waals surface area contributed by atoms with Crippen LogP contribution < -0.4 is 10.6 Å². The lowest BCUT2D eigenvalue weighted by molar-refractivity contribution is 0.188. The van der Waals surface area contributed by atoms with Crippen molar-refractivity contribution in [1.29, 1.82) is 0 Å². The summed E-state index contributed by atoms with van der Waals surface area (Å²) in [7, 11) is 1.66. The van der Waals surface area contributed by atoms with Gasteiger partial charge >= 0.3 is 0 Å². The number of fused-ring (bicyclic) bond motifs is 1. The zero-order valence-electron chi connectivity index (χ0n) is 8.01. The number of hydrogen-bond acceptors (Lipinski definition) is 3. The summed E-state index contributed by atoms with van der Waals surface area (Å²) >= 11 is 0. The molecule has 1 atom stereocenters. The second kappa shape index (κ2) is 3.84. The lowest BCUT2D eigenvalue weighted by Crippen LogP contribution is -2.36. The Morgan fingerprint density at radius 2 is 2.36 bits per heavy atom. The fraction of sp³-hybridized carbons (Fsp3) is 0.400. The van der Waals surface area contributed by atoms with E-state index in [1.807, 2.05) is 0 Å². The van der Waals surface area contributed by atoms with E-state index in [1.54, 1.807) is 13.2 Å². The van der Waals surface area contributed by atoms with E-state index < -0.39 is 0 Å². The molecule has 1 aliphatic heterocycles. The van der Waals surface area contributed by atoms with Gasteiger partial charge in [-0.25, -0.2) is 4.39 Å². The van der Waals surface area contributed by atoms with Crippen LogP contribution in [0.5, 0.6) is 0 Å². The normalized spacial score (nSPS) is 19.4. The molecular formula is C10H13FN2O. The molecule has 0 amide bonds. The summed E-state index contributed by atoms with van der Waals surface area (Å²) in [5.74, 6) is -0.226. The maximum Gasteiger partial charge on any atom is 0.125 e. The van der Waals surface area contributed by atoms with Crippen LogP contribution in [0.3, 0.4) is 0 Å². The first kappa shape index (κ1) is 9.27. The standard InChI is InChI=1S/C10H13FN2O/c1-14-6-8-5-12-9-3-2-7(11)4-10(9)13-8/h2-4,8,12-13H,5-6H2,1H3. The molecule has 1 unspecified atom stereocenters. The van der Waals surface area contributed by atoms with E-state index >= 15 is 0 Å². The number of nitrogens with one attached hydrogen (secondary N) is 2. The van der Waals surface area contributed by atoms with Crippen molar-refractivity contribution in [2.45, 2.75) is 6.04 Å². The number of halogens is 1. The van der Waals surface area contributed by atoms with Gasteiger partial charge in [-0.1, -0.05) is 0 Å². The van der Waals surface area contributed by atoms with Crippen molar-refractivity contribution in [2.75, 3.05) is 30.9 Å². The van der Waals surface area contributed by atoms with Gasteiger partial charge in [-0.05, 0) is 18.2 Å². The fourth-order valence-corrected chi connectivity index (χ4v) is 1.60. The van der Waals surface area contributed by atoms with Crippen LogP contribution in [-0.4, -0.2) is 26.3 Å². The van der Waals surface area contributed by atoms with Crippen LogP contribution in [0, 0.1) is 5.82 Å². The van der Waals surface area contributed by atoms with Crippen molar-refractivity contribution in [3.8, 4) is 0 Å². The Morgan fingerprint density at radius 3 is 3.14 bits per heavy atom. The van der Waals surface area contributed by atoms with Gasteiger partial charge in [0.15, 0.2) is 0 Å². The summed E-state index contributed by atoms with van der Waals surface area (Å²) in [6, 6.07) is 4.88. The number of benzene rings is 1. The largest absolute Gasteiger partial charge is 0.382 e. The Bertz CT molecular complexity index is 330. The summed E-state index contributed by atoms with van der Waals surface area (Å²) in [5, 5.41) is 6.43. The van der Waals surface area contributed by atoms with Gasteiger partial charge in [0.05, 0.1) is 24.0 Å². The van der Waals surface area contributed by atoms with E-state index in [0.717, 1.165) is 17.9 Å². The third kappa shape index (κ3) is 1.80. The van der Waals surface area contributed by atoms with E-state index in [4.69, 9.17) is 4.74 Å². The van der Waals surface area contributed by atoms with Gasteiger partial charge < -0.3 is 15.4 Å². The van der Waals surface area contributed by atoms with E-state index in [1.165, 1.54) is 12.1 Å². The van der Waals surface area contributed by atoms with E-state index in [0.29, 0.717) is 6.61 Å². The van der Waals surface area contributed by atoms with Crippen molar-refractivity contribution in [3.05, 3.63) is 24.0 Å². The molecule has 1 aromatic carbocycles. The lowest BCUT2D eigenvalue weighted by Gasteiger charge is -2.27. The molecule has 0 spiro atoms. The summed E-state index contributed by atoms with van der Waals surface area (Å²) in [4.78, 5) is 0. The molecule has 0 fully saturated rings. The lowest BCUT2D eigenvalue weighted by atomic mass is 10.1. The molecular weight excluding hydrogens is 183 g/mol. The van der Waals surface area contributed by atoms with Gasteiger partial charge in [-0.3, -0.25) is 0 Å². The number of anilines is 2. The molecule has 0 radical (unpaired) electrons. The molecule has 0 bridgehead atoms. The number of methoxy groups -OCH3 is 1. The molecule has 1 aromatic rings. The van der Waals surface area contributed by atoms with Crippen LogP contribution in [-0.2, 0) is 4.74 Å². The van der Waals surface area contributed by atoms with Gasteiger partial charge in [0.1, 0.15) is 5.82 Å². The quantitative estimate of drug-likeness (QED) is 0.755. The van der Waals surface area contributed by atoms with E-state index in [2.05, 4.69) is 10.6 Å². The minimum absolute atomic E-state index is 0.203. The van der Waals surface area contributed by atoms with Gasteiger partial charge in [0.25, 0.3) is 0 Å². The van der Waals surface area contributed by atoms with Gasteiger partial charge in [-0.15, -0.1) is 0 Å². The molecule has 1 heterocycles. The smallest absolute Gasteiger partial charge is 0.125 e. The van der Waals surface area contributed by atoms with Crippen molar-refractivity contribution in [3.63, 3.8) is 0 Å². The van der Waals surface area contributed by atoms with Crippen LogP contribution in [0.2, 0.25) is 0 Å². The topological polar surface area (TPSA) is 33.3 Å². The summed E-state index contributed by atoms with van der Waals surface area (Å²) in [6.45, 7) is 1.41. The molecule has 1 aliphatic rings. The average molecular weight is 196 g/mol. The molecule has 14 heavy (non-hydrogen) atoms. The van der Waals surface area contributed by atoms with Crippen LogP contribution in [0.1, 0.15) is 0 Å². The maximum absolute atomic E-state index is 12.9. The van der Waals surface area contributed by atoms with Crippen molar-refractivity contribution in [1.82, 2.24) is 0 Å². The third-order valence-corrected chi connectivity index (χ3v) is 2.25. The predicted molar refractivity (Wildman–Crippen MR) is 54.2 cm³/mol. The second-order valence-electron chi connectivity index (χ2n) is 3.37. The molecule has 0 aromatic heterocycles. The maximum atomic E-state index is 12.9. The van der Waals surface area contributed by atoms with Crippen molar-refractivity contribution in [2.24, 2.45) is 0 Å². The SMILES string of the molecule is COCC1CNc2ccc(F)cc2N1. The Balaban J connectivity index is 2.16. The Hall–Kier alpha value is -1.29. The molecule has 76 valence electrons. The Morgan fingerprint density at radius 1 is 1.50 bits per heavy atom. The van der Waals surface area contributed by atoms with Crippen LogP contribution >= 0.6 is 0 Å². The minimum Gasteiger partial charge on any atom is -0.382 e. The summed E-state index contributed by atoms with van der Waals surface area (Å²) < 4.78 is 17.9. The minimum atomic E-state index is -0.226. The number of rotatable bonds is 2. The molecule has 4 heteroatoms. The highest BCUT2D eigenvalue weighted by molar-refractivity contribution is 5.71. The van der Waals surface area contributed by atoms with E-state index in [9.17, 15) is 4.39 Å². The zero-order chi connectivity index (χ0) is 9.97. The summed E-state index contributed by atoms with van der Waals surface area (Å²) in [5.41, 5.74) is 1.75. The van der Waals surface area contributed by atoms with Gasteiger partial charge in [0, 0.05) is 13.7 Å². The average Bonchev–Trinajstić information content (AvgIpc) is 2.17.